The van der Waals surface area contributed by atoms with Crippen LogP contribution in [0.1, 0.15) is 52.4 Å². The molecule has 0 radical (unpaired) electrons. The second-order valence-corrected chi connectivity index (χ2v) is 5.45. The molecule has 1 aliphatic rings. The predicted molar refractivity (Wildman–Crippen MR) is 68.9 cm³/mol. The van der Waals surface area contributed by atoms with Gasteiger partial charge in [-0.1, -0.05) is 50.3 Å². The van der Waals surface area contributed by atoms with Crippen molar-refractivity contribution in [3.63, 3.8) is 0 Å². The minimum absolute atomic E-state index is 0.313. The molecule has 0 nitrogen and oxygen atoms in total. The van der Waals surface area contributed by atoms with E-state index in [-0.39, 0.29) is 0 Å². The Balaban J connectivity index is 2.64. The maximum atomic E-state index is 4.16. The third kappa shape index (κ3) is 5.01. The Morgan fingerprint density at radius 3 is 2.47 bits per heavy atom. The molecule has 0 aromatic carbocycles. The van der Waals surface area contributed by atoms with Gasteiger partial charge in [-0.2, -0.15) is 0 Å². The molecule has 0 spiro atoms. The Labute approximate surface area is 94.8 Å². The van der Waals surface area contributed by atoms with E-state index < -0.39 is 0 Å². The van der Waals surface area contributed by atoms with Gasteiger partial charge in [0.1, 0.15) is 0 Å². The molecule has 0 saturated heterocycles. The highest BCUT2D eigenvalue weighted by atomic mass is 14.2. The Hall–Kier alpha value is -0.780. The fraction of sp³-hybridized carbons (Fsp3) is 0.600. The van der Waals surface area contributed by atoms with E-state index in [1.165, 1.54) is 36.8 Å². The SMILES string of the molecule is C=C1CC=CC(C)(C)CCC(=C)CCC1. The van der Waals surface area contributed by atoms with Crippen LogP contribution < -0.4 is 0 Å². The van der Waals surface area contributed by atoms with Crippen molar-refractivity contribution in [2.45, 2.75) is 52.4 Å². The van der Waals surface area contributed by atoms with E-state index in [0.29, 0.717) is 5.41 Å². The lowest BCUT2D eigenvalue weighted by Crippen LogP contribution is -2.07. The normalized spacial score (nSPS) is 23.6. The van der Waals surface area contributed by atoms with Crippen molar-refractivity contribution >= 4 is 0 Å². The summed E-state index contributed by atoms with van der Waals surface area (Å²) < 4.78 is 0. The molecule has 0 N–H and O–H groups in total. The van der Waals surface area contributed by atoms with E-state index in [9.17, 15) is 0 Å². The summed E-state index contributed by atoms with van der Waals surface area (Å²) in [6, 6.07) is 0. The van der Waals surface area contributed by atoms with Crippen LogP contribution in [-0.2, 0) is 0 Å². The first kappa shape index (κ1) is 12.3. The third-order valence-electron chi connectivity index (χ3n) is 3.16. The van der Waals surface area contributed by atoms with Crippen LogP contribution in [-0.4, -0.2) is 0 Å². The summed E-state index contributed by atoms with van der Waals surface area (Å²) in [7, 11) is 0. The van der Waals surface area contributed by atoms with Gasteiger partial charge in [0.2, 0.25) is 0 Å². The minimum Gasteiger partial charge on any atom is -0.0999 e. The lowest BCUT2D eigenvalue weighted by atomic mass is 9.85. The summed E-state index contributed by atoms with van der Waals surface area (Å²) in [6.45, 7) is 12.9. The third-order valence-corrected chi connectivity index (χ3v) is 3.16. The van der Waals surface area contributed by atoms with Gasteiger partial charge < -0.3 is 0 Å². The van der Waals surface area contributed by atoms with Gasteiger partial charge in [0.25, 0.3) is 0 Å². The molecule has 0 aliphatic heterocycles. The van der Waals surface area contributed by atoms with Crippen molar-refractivity contribution in [1.82, 2.24) is 0 Å². The Kier molecular flexibility index (Phi) is 4.38. The highest BCUT2D eigenvalue weighted by Crippen LogP contribution is 2.29. The molecule has 0 aromatic rings. The number of rotatable bonds is 0. The van der Waals surface area contributed by atoms with Gasteiger partial charge in [-0.25, -0.2) is 0 Å². The second-order valence-electron chi connectivity index (χ2n) is 5.45. The maximum absolute atomic E-state index is 4.16. The molecule has 0 saturated carbocycles. The molecule has 0 fully saturated rings. The van der Waals surface area contributed by atoms with E-state index in [0.717, 1.165) is 12.8 Å². The molecule has 15 heavy (non-hydrogen) atoms. The number of hydrogen-bond acceptors (Lipinski definition) is 0. The number of allylic oxidation sites excluding steroid dienone is 4. The van der Waals surface area contributed by atoms with Gasteiger partial charge in [-0.05, 0) is 43.9 Å². The summed E-state index contributed by atoms with van der Waals surface area (Å²) >= 11 is 0. The smallest absolute Gasteiger partial charge is 0.0141 e. The molecular weight excluding hydrogens is 180 g/mol. The van der Waals surface area contributed by atoms with Crippen LogP contribution in [0.25, 0.3) is 0 Å². The van der Waals surface area contributed by atoms with Crippen LogP contribution in [0.5, 0.6) is 0 Å². The molecule has 0 atom stereocenters. The lowest BCUT2D eigenvalue weighted by Gasteiger charge is -2.20. The van der Waals surface area contributed by atoms with Crippen LogP contribution >= 0.6 is 0 Å². The van der Waals surface area contributed by atoms with Crippen molar-refractivity contribution in [2.75, 3.05) is 0 Å². The van der Waals surface area contributed by atoms with Crippen molar-refractivity contribution < 1.29 is 0 Å². The van der Waals surface area contributed by atoms with Gasteiger partial charge in [-0.3, -0.25) is 0 Å². The standard InChI is InChI=1S/C15H24/c1-13-7-5-8-14(2)10-12-15(3,4)11-6-9-13/h6,11H,1-2,5,7-10,12H2,3-4H3. The van der Waals surface area contributed by atoms with Crippen molar-refractivity contribution in [3.05, 3.63) is 36.5 Å². The lowest BCUT2D eigenvalue weighted by molar-refractivity contribution is 0.434. The number of hydrogen-bond donors (Lipinski definition) is 0. The summed E-state index contributed by atoms with van der Waals surface area (Å²) in [5, 5.41) is 0. The molecule has 0 heterocycles. The van der Waals surface area contributed by atoms with Gasteiger partial charge in [0.15, 0.2) is 0 Å². The quantitative estimate of drug-likeness (QED) is 0.485. The molecule has 1 aliphatic carbocycles. The monoisotopic (exact) mass is 204 g/mol. The molecule has 0 aromatic heterocycles. The fourth-order valence-electron chi connectivity index (χ4n) is 1.94. The van der Waals surface area contributed by atoms with Crippen LogP contribution in [0.3, 0.4) is 0 Å². The van der Waals surface area contributed by atoms with Gasteiger partial charge in [-0.15, -0.1) is 0 Å². The van der Waals surface area contributed by atoms with E-state index in [1.807, 2.05) is 0 Å². The highest BCUT2D eigenvalue weighted by Gasteiger charge is 2.14. The van der Waals surface area contributed by atoms with E-state index in [4.69, 9.17) is 0 Å². The highest BCUT2D eigenvalue weighted by molar-refractivity contribution is 5.08. The van der Waals surface area contributed by atoms with E-state index in [1.54, 1.807) is 0 Å². The summed E-state index contributed by atoms with van der Waals surface area (Å²) in [6.07, 6.45) is 11.6. The minimum atomic E-state index is 0.313. The molecule has 0 amide bonds. The average molecular weight is 204 g/mol. The summed E-state index contributed by atoms with van der Waals surface area (Å²) in [5.41, 5.74) is 3.08. The van der Waals surface area contributed by atoms with Gasteiger partial charge in [0.05, 0.1) is 0 Å². The van der Waals surface area contributed by atoms with Gasteiger partial charge >= 0.3 is 0 Å². The zero-order chi connectivity index (χ0) is 11.3. The summed E-state index contributed by atoms with van der Waals surface area (Å²) in [5.74, 6) is 0. The van der Waals surface area contributed by atoms with E-state index in [2.05, 4.69) is 39.2 Å². The molecular formula is C15H24. The average Bonchev–Trinajstić information content (AvgIpc) is 2.15. The summed E-state index contributed by atoms with van der Waals surface area (Å²) in [4.78, 5) is 0. The van der Waals surface area contributed by atoms with Crippen molar-refractivity contribution in [3.8, 4) is 0 Å². The maximum Gasteiger partial charge on any atom is -0.0141 e. The molecule has 1 rings (SSSR count). The molecule has 0 bridgehead atoms. The first-order valence-electron chi connectivity index (χ1n) is 6.01. The zero-order valence-corrected chi connectivity index (χ0v) is 10.3. The fourth-order valence-corrected chi connectivity index (χ4v) is 1.94. The van der Waals surface area contributed by atoms with Crippen LogP contribution in [0.4, 0.5) is 0 Å². The largest absolute Gasteiger partial charge is 0.0999 e. The first-order chi connectivity index (χ1) is 6.99. The van der Waals surface area contributed by atoms with Crippen molar-refractivity contribution in [1.29, 1.82) is 0 Å². The molecule has 0 unspecified atom stereocenters. The second kappa shape index (κ2) is 5.34. The topological polar surface area (TPSA) is 0 Å². The Morgan fingerprint density at radius 2 is 1.73 bits per heavy atom. The van der Waals surface area contributed by atoms with Crippen LogP contribution in [0.2, 0.25) is 0 Å². The zero-order valence-electron chi connectivity index (χ0n) is 10.3. The van der Waals surface area contributed by atoms with Crippen molar-refractivity contribution in [2.24, 2.45) is 5.41 Å². The van der Waals surface area contributed by atoms with Gasteiger partial charge in [0, 0.05) is 0 Å². The molecule has 84 valence electrons. The Bertz CT molecular complexity index is 266. The van der Waals surface area contributed by atoms with Crippen LogP contribution in [0.15, 0.2) is 36.5 Å². The molecule has 0 heteroatoms. The Morgan fingerprint density at radius 1 is 1.07 bits per heavy atom. The van der Waals surface area contributed by atoms with E-state index >= 15 is 0 Å². The van der Waals surface area contributed by atoms with Crippen LogP contribution in [0, 0.1) is 5.41 Å². The predicted octanol–water partition coefficient (Wildman–Crippen LogP) is 5.04. The first-order valence-corrected chi connectivity index (χ1v) is 6.01.